The first-order chi connectivity index (χ1) is 8.80. The van der Waals surface area contributed by atoms with Crippen molar-refractivity contribution in [1.82, 2.24) is 10.2 Å². The molecule has 5 heteroatoms. The van der Waals surface area contributed by atoms with E-state index < -0.39 is 9.84 Å². The standard InChI is InChI=1S/C14H30N2O2S/c1-5-8-13-11-16(14(3,4)12-15-13)9-7-10-19(17,18)6-2/h13,15H,5-12H2,1-4H3. The second-order valence-electron chi connectivity index (χ2n) is 6.21. The molecular weight excluding hydrogens is 260 g/mol. The van der Waals surface area contributed by atoms with Crippen molar-refractivity contribution >= 4 is 9.84 Å². The summed E-state index contributed by atoms with van der Waals surface area (Å²) in [7, 11) is -2.82. The second kappa shape index (κ2) is 7.04. The van der Waals surface area contributed by atoms with Gasteiger partial charge in [-0.15, -0.1) is 0 Å². The van der Waals surface area contributed by atoms with Crippen LogP contribution in [0.2, 0.25) is 0 Å². The molecule has 1 unspecified atom stereocenters. The summed E-state index contributed by atoms with van der Waals surface area (Å²) >= 11 is 0. The lowest BCUT2D eigenvalue weighted by molar-refractivity contribution is 0.0642. The fourth-order valence-corrected chi connectivity index (χ4v) is 3.50. The Morgan fingerprint density at radius 1 is 1.32 bits per heavy atom. The molecule has 0 aromatic heterocycles. The normalized spacial score (nSPS) is 24.5. The van der Waals surface area contributed by atoms with Crippen LogP contribution in [0.15, 0.2) is 0 Å². The van der Waals surface area contributed by atoms with E-state index in [0.29, 0.717) is 11.8 Å². The molecule has 0 amide bonds. The first-order valence-electron chi connectivity index (χ1n) is 7.49. The van der Waals surface area contributed by atoms with Gasteiger partial charge in [0.05, 0.1) is 5.75 Å². The van der Waals surface area contributed by atoms with Crippen LogP contribution in [0.3, 0.4) is 0 Å². The van der Waals surface area contributed by atoms with E-state index in [1.54, 1.807) is 6.92 Å². The van der Waals surface area contributed by atoms with Gasteiger partial charge in [-0.25, -0.2) is 8.42 Å². The van der Waals surface area contributed by atoms with Gasteiger partial charge >= 0.3 is 0 Å². The van der Waals surface area contributed by atoms with Gasteiger partial charge in [-0.2, -0.15) is 0 Å². The van der Waals surface area contributed by atoms with Crippen molar-refractivity contribution in [2.45, 2.75) is 58.5 Å². The molecule has 1 aliphatic rings. The Morgan fingerprint density at radius 3 is 2.58 bits per heavy atom. The highest BCUT2D eigenvalue weighted by Crippen LogP contribution is 2.20. The number of nitrogens with zero attached hydrogens (tertiary/aromatic N) is 1. The zero-order valence-electron chi connectivity index (χ0n) is 12.9. The molecule has 114 valence electrons. The summed E-state index contributed by atoms with van der Waals surface area (Å²) in [6.45, 7) is 11.3. The lowest BCUT2D eigenvalue weighted by Gasteiger charge is -2.46. The van der Waals surface area contributed by atoms with Gasteiger partial charge < -0.3 is 5.32 Å². The van der Waals surface area contributed by atoms with E-state index in [1.807, 2.05) is 0 Å². The van der Waals surface area contributed by atoms with Crippen LogP contribution in [0, 0.1) is 0 Å². The van der Waals surface area contributed by atoms with Crippen molar-refractivity contribution in [3.8, 4) is 0 Å². The fraction of sp³-hybridized carbons (Fsp3) is 1.00. The number of rotatable bonds is 7. The summed E-state index contributed by atoms with van der Waals surface area (Å²) in [5.74, 6) is 0.582. The monoisotopic (exact) mass is 290 g/mol. The summed E-state index contributed by atoms with van der Waals surface area (Å²) in [5, 5.41) is 3.60. The molecule has 1 aliphatic heterocycles. The molecule has 0 aromatic rings. The molecule has 1 rings (SSSR count). The number of sulfone groups is 1. The van der Waals surface area contributed by atoms with Crippen molar-refractivity contribution in [2.24, 2.45) is 0 Å². The van der Waals surface area contributed by atoms with Crippen LogP contribution in [0.5, 0.6) is 0 Å². The van der Waals surface area contributed by atoms with Crippen LogP contribution in [0.25, 0.3) is 0 Å². The highest BCUT2D eigenvalue weighted by molar-refractivity contribution is 7.91. The zero-order chi connectivity index (χ0) is 14.5. The maximum Gasteiger partial charge on any atom is 0.150 e. The molecule has 0 radical (unpaired) electrons. The van der Waals surface area contributed by atoms with Gasteiger partial charge in [0.2, 0.25) is 0 Å². The minimum absolute atomic E-state index is 0.125. The molecule has 0 aliphatic carbocycles. The lowest BCUT2D eigenvalue weighted by atomic mass is 9.95. The average molecular weight is 290 g/mol. The molecule has 0 bridgehead atoms. The SMILES string of the molecule is CCCC1CN(CCCS(=O)(=O)CC)C(C)(C)CN1. The maximum atomic E-state index is 11.5. The Hall–Kier alpha value is -0.130. The number of hydrogen-bond donors (Lipinski definition) is 1. The van der Waals surface area contributed by atoms with Gasteiger partial charge in [0.25, 0.3) is 0 Å². The van der Waals surface area contributed by atoms with Crippen molar-refractivity contribution in [3.05, 3.63) is 0 Å². The molecule has 1 heterocycles. The van der Waals surface area contributed by atoms with E-state index in [1.165, 1.54) is 12.8 Å². The van der Waals surface area contributed by atoms with Gasteiger partial charge in [-0.3, -0.25) is 4.90 Å². The third kappa shape index (κ3) is 5.40. The van der Waals surface area contributed by atoms with E-state index in [2.05, 4.69) is 31.0 Å². The summed E-state index contributed by atoms with van der Waals surface area (Å²) in [6, 6.07) is 0.556. The summed E-state index contributed by atoms with van der Waals surface area (Å²) in [6.07, 6.45) is 3.13. The van der Waals surface area contributed by atoms with Crippen LogP contribution in [-0.4, -0.2) is 56.0 Å². The summed E-state index contributed by atoms with van der Waals surface area (Å²) in [5.41, 5.74) is 0.125. The molecule has 19 heavy (non-hydrogen) atoms. The van der Waals surface area contributed by atoms with Crippen LogP contribution >= 0.6 is 0 Å². The fourth-order valence-electron chi connectivity index (χ4n) is 2.64. The topological polar surface area (TPSA) is 49.4 Å². The Bertz CT molecular complexity index is 366. The minimum Gasteiger partial charge on any atom is -0.311 e. The predicted molar refractivity (Wildman–Crippen MR) is 81.3 cm³/mol. The van der Waals surface area contributed by atoms with E-state index in [0.717, 1.165) is 26.1 Å². The second-order valence-corrected chi connectivity index (χ2v) is 8.69. The van der Waals surface area contributed by atoms with E-state index in [-0.39, 0.29) is 11.3 Å². The molecule has 1 N–H and O–H groups in total. The molecule has 0 aromatic carbocycles. The molecular formula is C14H30N2O2S. The Labute approximate surface area is 118 Å². The number of nitrogens with one attached hydrogen (secondary N) is 1. The zero-order valence-corrected chi connectivity index (χ0v) is 13.7. The minimum atomic E-state index is -2.82. The van der Waals surface area contributed by atoms with Gasteiger partial charge in [-0.1, -0.05) is 20.3 Å². The first kappa shape index (κ1) is 16.9. The third-order valence-corrected chi connectivity index (χ3v) is 5.87. The van der Waals surface area contributed by atoms with Gasteiger partial charge in [-0.05, 0) is 33.2 Å². The Balaban J connectivity index is 2.48. The third-order valence-electron chi connectivity index (χ3n) is 4.08. The molecule has 4 nitrogen and oxygen atoms in total. The van der Waals surface area contributed by atoms with Crippen LogP contribution in [0.1, 0.15) is 47.0 Å². The molecule has 1 fully saturated rings. The number of piperazine rings is 1. The van der Waals surface area contributed by atoms with Gasteiger partial charge in [0.15, 0.2) is 0 Å². The first-order valence-corrected chi connectivity index (χ1v) is 9.31. The van der Waals surface area contributed by atoms with Crippen LogP contribution in [-0.2, 0) is 9.84 Å². The van der Waals surface area contributed by atoms with Crippen molar-refractivity contribution in [3.63, 3.8) is 0 Å². The average Bonchev–Trinajstić information content (AvgIpc) is 2.33. The van der Waals surface area contributed by atoms with Crippen molar-refractivity contribution in [1.29, 1.82) is 0 Å². The van der Waals surface area contributed by atoms with Gasteiger partial charge in [0, 0.05) is 30.4 Å². The van der Waals surface area contributed by atoms with E-state index >= 15 is 0 Å². The largest absolute Gasteiger partial charge is 0.311 e. The molecule has 1 saturated heterocycles. The quantitative estimate of drug-likeness (QED) is 0.775. The summed E-state index contributed by atoms with van der Waals surface area (Å²) in [4.78, 5) is 2.45. The molecule has 0 saturated carbocycles. The Kier molecular flexibility index (Phi) is 6.27. The highest BCUT2D eigenvalue weighted by Gasteiger charge is 2.33. The highest BCUT2D eigenvalue weighted by atomic mass is 32.2. The smallest absolute Gasteiger partial charge is 0.150 e. The molecule has 1 atom stereocenters. The Morgan fingerprint density at radius 2 is 2.00 bits per heavy atom. The lowest BCUT2D eigenvalue weighted by Crippen LogP contribution is -2.62. The van der Waals surface area contributed by atoms with Gasteiger partial charge in [0.1, 0.15) is 9.84 Å². The van der Waals surface area contributed by atoms with Crippen molar-refractivity contribution in [2.75, 3.05) is 31.1 Å². The van der Waals surface area contributed by atoms with E-state index in [9.17, 15) is 8.42 Å². The number of hydrogen-bond acceptors (Lipinski definition) is 4. The molecule has 0 spiro atoms. The predicted octanol–water partition coefficient (Wildman–Crippen LogP) is 1.66. The summed E-state index contributed by atoms with van der Waals surface area (Å²) < 4.78 is 23.1. The van der Waals surface area contributed by atoms with Crippen LogP contribution in [0.4, 0.5) is 0 Å². The maximum absolute atomic E-state index is 11.5. The van der Waals surface area contributed by atoms with Crippen molar-refractivity contribution < 1.29 is 8.42 Å². The van der Waals surface area contributed by atoms with E-state index in [4.69, 9.17) is 0 Å². The van der Waals surface area contributed by atoms with Crippen LogP contribution < -0.4 is 5.32 Å².